The van der Waals surface area contributed by atoms with Gasteiger partial charge in [-0.25, -0.2) is 14.8 Å². The molecular formula is C16H20N4O3. The van der Waals surface area contributed by atoms with E-state index in [2.05, 4.69) is 20.6 Å². The van der Waals surface area contributed by atoms with Crippen molar-refractivity contribution in [1.82, 2.24) is 9.97 Å². The highest BCUT2D eigenvalue weighted by Gasteiger charge is 2.06. The third kappa shape index (κ3) is 5.23. The highest BCUT2D eigenvalue weighted by atomic mass is 16.5. The van der Waals surface area contributed by atoms with Crippen LogP contribution in [0.15, 0.2) is 36.7 Å². The number of anilines is 3. The number of methoxy groups -OCH3 is 2. The molecule has 0 bridgehead atoms. The quantitative estimate of drug-likeness (QED) is 0.571. The highest BCUT2D eigenvalue weighted by molar-refractivity contribution is 5.90. The number of hydrogen-bond donors (Lipinski definition) is 2. The van der Waals surface area contributed by atoms with E-state index in [0.717, 1.165) is 24.5 Å². The van der Waals surface area contributed by atoms with E-state index >= 15 is 0 Å². The Morgan fingerprint density at radius 2 is 2.00 bits per heavy atom. The van der Waals surface area contributed by atoms with Crippen LogP contribution in [0.1, 0.15) is 16.8 Å². The summed E-state index contributed by atoms with van der Waals surface area (Å²) in [7, 11) is 3.03. The van der Waals surface area contributed by atoms with Gasteiger partial charge in [-0.05, 0) is 24.6 Å². The van der Waals surface area contributed by atoms with E-state index in [0.29, 0.717) is 18.0 Å². The van der Waals surface area contributed by atoms with Gasteiger partial charge in [-0.3, -0.25) is 0 Å². The Bertz CT molecular complexity index is 649. The van der Waals surface area contributed by atoms with Gasteiger partial charge in [-0.1, -0.05) is 6.07 Å². The zero-order valence-electron chi connectivity index (χ0n) is 13.2. The SMILES string of the molecule is COCCCNc1cc(Nc2cccc(C(=O)OC)c2)ncn1. The zero-order chi connectivity index (χ0) is 16.5. The molecule has 0 saturated heterocycles. The van der Waals surface area contributed by atoms with Crippen LogP contribution in [0.4, 0.5) is 17.3 Å². The average Bonchev–Trinajstić information content (AvgIpc) is 2.58. The Kier molecular flexibility index (Phi) is 6.31. The van der Waals surface area contributed by atoms with Crippen molar-refractivity contribution in [2.45, 2.75) is 6.42 Å². The molecule has 0 atom stereocenters. The van der Waals surface area contributed by atoms with Crippen molar-refractivity contribution in [2.75, 3.05) is 38.0 Å². The Labute approximate surface area is 135 Å². The molecule has 2 rings (SSSR count). The summed E-state index contributed by atoms with van der Waals surface area (Å²) in [5.74, 6) is 0.982. The molecule has 2 aromatic rings. The van der Waals surface area contributed by atoms with Gasteiger partial charge in [0.25, 0.3) is 0 Å². The fraction of sp³-hybridized carbons (Fsp3) is 0.312. The number of hydrogen-bond acceptors (Lipinski definition) is 7. The van der Waals surface area contributed by atoms with Crippen molar-refractivity contribution in [3.05, 3.63) is 42.2 Å². The number of nitrogens with zero attached hydrogens (tertiary/aromatic N) is 2. The molecule has 0 amide bonds. The number of benzene rings is 1. The number of rotatable bonds is 8. The fourth-order valence-corrected chi connectivity index (χ4v) is 1.94. The van der Waals surface area contributed by atoms with Gasteiger partial charge >= 0.3 is 5.97 Å². The predicted octanol–water partition coefficient (Wildman–Crippen LogP) is 2.46. The number of aromatic nitrogens is 2. The monoisotopic (exact) mass is 316 g/mol. The highest BCUT2D eigenvalue weighted by Crippen LogP contribution is 2.18. The smallest absolute Gasteiger partial charge is 0.337 e. The molecule has 0 unspecified atom stereocenters. The Morgan fingerprint density at radius 1 is 1.17 bits per heavy atom. The van der Waals surface area contributed by atoms with Gasteiger partial charge in [-0.2, -0.15) is 0 Å². The van der Waals surface area contributed by atoms with Crippen molar-refractivity contribution < 1.29 is 14.3 Å². The van der Waals surface area contributed by atoms with E-state index in [1.807, 2.05) is 6.07 Å². The van der Waals surface area contributed by atoms with Crippen LogP contribution in [0.5, 0.6) is 0 Å². The van der Waals surface area contributed by atoms with Crippen molar-refractivity contribution in [1.29, 1.82) is 0 Å². The summed E-state index contributed by atoms with van der Waals surface area (Å²) >= 11 is 0. The van der Waals surface area contributed by atoms with Crippen molar-refractivity contribution >= 4 is 23.3 Å². The van der Waals surface area contributed by atoms with E-state index < -0.39 is 0 Å². The van der Waals surface area contributed by atoms with Gasteiger partial charge in [-0.15, -0.1) is 0 Å². The van der Waals surface area contributed by atoms with E-state index in [9.17, 15) is 4.79 Å². The third-order valence-corrected chi connectivity index (χ3v) is 3.05. The average molecular weight is 316 g/mol. The van der Waals surface area contributed by atoms with Crippen LogP contribution in [-0.4, -0.2) is 43.3 Å². The second-order valence-electron chi connectivity index (χ2n) is 4.76. The molecule has 0 aliphatic heterocycles. The molecule has 0 fully saturated rings. The molecule has 0 radical (unpaired) electrons. The van der Waals surface area contributed by atoms with E-state index in [-0.39, 0.29) is 5.97 Å². The predicted molar refractivity (Wildman–Crippen MR) is 88.1 cm³/mol. The summed E-state index contributed by atoms with van der Waals surface area (Å²) in [5.41, 5.74) is 1.22. The summed E-state index contributed by atoms with van der Waals surface area (Å²) in [6, 6.07) is 8.83. The van der Waals surface area contributed by atoms with Crippen molar-refractivity contribution in [3.63, 3.8) is 0 Å². The van der Waals surface area contributed by atoms with Crippen LogP contribution in [0, 0.1) is 0 Å². The maximum Gasteiger partial charge on any atom is 0.337 e. The minimum atomic E-state index is -0.378. The molecule has 0 saturated carbocycles. The molecular weight excluding hydrogens is 296 g/mol. The van der Waals surface area contributed by atoms with Crippen LogP contribution in [-0.2, 0) is 9.47 Å². The van der Waals surface area contributed by atoms with Gasteiger partial charge in [0.05, 0.1) is 12.7 Å². The van der Waals surface area contributed by atoms with Crippen LogP contribution in [0.2, 0.25) is 0 Å². The minimum absolute atomic E-state index is 0.378. The molecule has 1 aromatic heterocycles. The second kappa shape index (κ2) is 8.70. The molecule has 0 aliphatic carbocycles. The largest absolute Gasteiger partial charge is 0.465 e. The first kappa shape index (κ1) is 16.7. The lowest BCUT2D eigenvalue weighted by Crippen LogP contribution is -2.07. The lowest BCUT2D eigenvalue weighted by atomic mass is 10.2. The maximum absolute atomic E-state index is 11.5. The van der Waals surface area contributed by atoms with E-state index in [1.54, 1.807) is 31.4 Å². The summed E-state index contributed by atoms with van der Waals surface area (Å²) in [6.45, 7) is 1.46. The lowest BCUT2D eigenvalue weighted by molar-refractivity contribution is 0.0601. The molecule has 1 aromatic carbocycles. The zero-order valence-corrected chi connectivity index (χ0v) is 13.2. The normalized spacial score (nSPS) is 10.2. The first-order chi connectivity index (χ1) is 11.2. The molecule has 7 nitrogen and oxygen atoms in total. The molecule has 1 heterocycles. The van der Waals surface area contributed by atoms with Crippen LogP contribution >= 0.6 is 0 Å². The van der Waals surface area contributed by atoms with Crippen molar-refractivity contribution in [2.24, 2.45) is 0 Å². The summed E-state index contributed by atoms with van der Waals surface area (Å²) in [5, 5.41) is 6.34. The number of carbonyl (C=O) groups excluding carboxylic acids is 1. The molecule has 0 spiro atoms. The molecule has 7 heteroatoms. The molecule has 23 heavy (non-hydrogen) atoms. The number of esters is 1. The summed E-state index contributed by atoms with van der Waals surface area (Å²) in [4.78, 5) is 19.9. The van der Waals surface area contributed by atoms with Crippen molar-refractivity contribution in [3.8, 4) is 0 Å². The fourth-order valence-electron chi connectivity index (χ4n) is 1.94. The summed E-state index contributed by atoms with van der Waals surface area (Å²) < 4.78 is 9.71. The first-order valence-electron chi connectivity index (χ1n) is 7.23. The third-order valence-electron chi connectivity index (χ3n) is 3.05. The van der Waals surface area contributed by atoms with Gasteiger partial charge in [0.15, 0.2) is 0 Å². The van der Waals surface area contributed by atoms with Gasteiger partial charge in [0, 0.05) is 32.0 Å². The standard InChI is InChI=1S/C16H20N4O3/c1-22-8-4-7-17-14-10-15(19-11-18-14)20-13-6-3-5-12(9-13)16(21)23-2/h3,5-6,9-11H,4,7-8H2,1-2H3,(H2,17,18,19,20). The Morgan fingerprint density at radius 3 is 2.78 bits per heavy atom. The Balaban J connectivity index is 2.01. The molecule has 0 aliphatic rings. The number of nitrogens with one attached hydrogen (secondary N) is 2. The topological polar surface area (TPSA) is 85.4 Å². The van der Waals surface area contributed by atoms with Crippen LogP contribution in [0.3, 0.4) is 0 Å². The van der Waals surface area contributed by atoms with Crippen LogP contribution < -0.4 is 10.6 Å². The lowest BCUT2D eigenvalue weighted by Gasteiger charge is -2.09. The molecule has 2 N–H and O–H groups in total. The Hall–Kier alpha value is -2.67. The van der Waals surface area contributed by atoms with Gasteiger partial charge in [0.2, 0.25) is 0 Å². The van der Waals surface area contributed by atoms with Gasteiger partial charge in [0.1, 0.15) is 18.0 Å². The van der Waals surface area contributed by atoms with E-state index in [1.165, 1.54) is 13.4 Å². The maximum atomic E-state index is 11.5. The number of carbonyl (C=O) groups is 1. The minimum Gasteiger partial charge on any atom is -0.465 e. The first-order valence-corrected chi connectivity index (χ1v) is 7.23. The number of ether oxygens (including phenoxy) is 2. The second-order valence-corrected chi connectivity index (χ2v) is 4.76. The van der Waals surface area contributed by atoms with Crippen LogP contribution in [0.25, 0.3) is 0 Å². The van der Waals surface area contributed by atoms with E-state index in [4.69, 9.17) is 9.47 Å². The molecule has 122 valence electrons. The van der Waals surface area contributed by atoms with Gasteiger partial charge < -0.3 is 20.1 Å². The summed E-state index contributed by atoms with van der Waals surface area (Å²) in [6.07, 6.45) is 2.37.